The second kappa shape index (κ2) is 7.92. The van der Waals surface area contributed by atoms with E-state index >= 15 is 0 Å². The Balaban J connectivity index is 2.12. The van der Waals surface area contributed by atoms with Gasteiger partial charge >= 0.3 is 0 Å². The molecule has 1 atom stereocenters. The van der Waals surface area contributed by atoms with Crippen LogP contribution in [0.25, 0.3) is 0 Å². The molecular weight excluding hydrogens is 258 g/mol. The molecule has 0 bridgehead atoms. The van der Waals surface area contributed by atoms with E-state index < -0.39 is 0 Å². The topological polar surface area (TPSA) is 47.0 Å². The van der Waals surface area contributed by atoms with E-state index in [2.05, 4.69) is 28.8 Å². The first-order valence-corrected chi connectivity index (χ1v) is 8.26. The van der Waals surface area contributed by atoms with Gasteiger partial charge in [0.15, 0.2) is 0 Å². The third kappa shape index (κ3) is 3.97. The number of nitrogens with zero attached hydrogens (tertiary/aromatic N) is 2. The summed E-state index contributed by atoms with van der Waals surface area (Å²) in [5.41, 5.74) is 1.20. The van der Waals surface area contributed by atoms with Gasteiger partial charge in [-0.3, -0.25) is 0 Å². The first kappa shape index (κ1) is 14.9. The summed E-state index contributed by atoms with van der Waals surface area (Å²) < 4.78 is 9.68. The second-order valence-electron chi connectivity index (χ2n) is 5.22. The van der Waals surface area contributed by atoms with E-state index in [1.54, 1.807) is 11.5 Å². The fraction of sp³-hybridized carbons (Fsp3) is 0.857. The summed E-state index contributed by atoms with van der Waals surface area (Å²) in [5, 5.41) is 8.04. The number of ether oxygens (including phenoxy) is 1. The lowest BCUT2D eigenvalue weighted by atomic mass is 9.89. The minimum atomic E-state index is 0.422. The van der Waals surface area contributed by atoms with Crippen LogP contribution in [0.3, 0.4) is 0 Å². The summed E-state index contributed by atoms with van der Waals surface area (Å²) in [6, 6.07) is 0.422. The number of hydrogen-bond acceptors (Lipinski definition) is 5. The van der Waals surface area contributed by atoms with Crippen molar-refractivity contribution >= 4 is 11.5 Å². The summed E-state index contributed by atoms with van der Waals surface area (Å²) in [4.78, 5) is 1.36. The highest BCUT2D eigenvalue weighted by Gasteiger charge is 2.28. The Bertz CT molecular complexity index is 363. The van der Waals surface area contributed by atoms with Crippen molar-refractivity contribution in [1.82, 2.24) is 14.9 Å². The maximum atomic E-state index is 5.49. The summed E-state index contributed by atoms with van der Waals surface area (Å²) >= 11 is 1.58. The molecule has 0 aromatic carbocycles. The molecule has 4 nitrogen and oxygen atoms in total. The molecule has 1 aliphatic heterocycles. The van der Waals surface area contributed by atoms with Crippen LogP contribution in [0.2, 0.25) is 0 Å². The zero-order chi connectivity index (χ0) is 13.5. The Morgan fingerprint density at radius 2 is 2.11 bits per heavy atom. The second-order valence-corrected chi connectivity index (χ2v) is 6.00. The lowest BCUT2D eigenvalue weighted by molar-refractivity contribution is 0.0539. The minimum absolute atomic E-state index is 0.422. The average molecular weight is 283 g/mol. The van der Waals surface area contributed by atoms with E-state index in [0.29, 0.717) is 12.0 Å². The van der Waals surface area contributed by atoms with Crippen LogP contribution in [0.15, 0.2) is 0 Å². The molecule has 0 aliphatic carbocycles. The van der Waals surface area contributed by atoms with Crippen LogP contribution in [0, 0.1) is 5.92 Å². The molecule has 0 amide bonds. The van der Waals surface area contributed by atoms with Gasteiger partial charge in [-0.05, 0) is 49.7 Å². The first-order chi connectivity index (χ1) is 9.36. The van der Waals surface area contributed by atoms with Crippen molar-refractivity contribution in [3.63, 3.8) is 0 Å². The molecular formula is C14H25N3OS. The molecule has 1 unspecified atom stereocenters. The van der Waals surface area contributed by atoms with E-state index in [9.17, 15) is 0 Å². The molecule has 2 heterocycles. The van der Waals surface area contributed by atoms with Gasteiger partial charge in [0, 0.05) is 19.3 Å². The fourth-order valence-electron chi connectivity index (χ4n) is 2.68. The van der Waals surface area contributed by atoms with Crippen molar-refractivity contribution in [2.24, 2.45) is 5.92 Å². The molecule has 0 radical (unpaired) electrons. The van der Waals surface area contributed by atoms with E-state index in [0.717, 1.165) is 51.9 Å². The van der Waals surface area contributed by atoms with E-state index in [-0.39, 0.29) is 0 Å². The fourth-order valence-corrected chi connectivity index (χ4v) is 3.55. The smallest absolute Gasteiger partial charge is 0.0803 e. The molecule has 1 fully saturated rings. The Morgan fingerprint density at radius 3 is 2.79 bits per heavy atom. The third-order valence-electron chi connectivity index (χ3n) is 3.71. The molecule has 108 valence electrons. The van der Waals surface area contributed by atoms with Crippen LogP contribution in [-0.4, -0.2) is 29.3 Å². The van der Waals surface area contributed by atoms with Gasteiger partial charge in [0.05, 0.1) is 10.6 Å². The maximum Gasteiger partial charge on any atom is 0.0803 e. The summed E-state index contributed by atoms with van der Waals surface area (Å²) in [6.45, 7) is 7.26. The monoisotopic (exact) mass is 283 g/mol. The summed E-state index contributed by atoms with van der Waals surface area (Å²) in [5.74, 6) is 0.665. The molecule has 19 heavy (non-hydrogen) atoms. The molecule has 2 rings (SSSR count). The number of rotatable bonds is 7. The van der Waals surface area contributed by atoms with E-state index in [1.165, 1.54) is 10.6 Å². The Morgan fingerprint density at radius 1 is 1.32 bits per heavy atom. The number of nitrogens with one attached hydrogen (secondary N) is 1. The maximum absolute atomic E-state index is 5.49. The normalized spacial score (nSPS) is 18.6. The van der Waals surface area contributed by atoms with Crippen molar-refractivity contribution in [3.05, 3.63) is 10.6 Å². The zero-order valence-electron chi connectivity index (χ0n) is 12.0. The van der Waals surface area contributed by atoms with Gasteiger partial charge in [-0.1, -0.05) is 24.8 Å². The zero-order valence-corrected chi connectivity index (χ0v) is 12.8. The Hall–Kier alpha value is -0.520. The van der Waals surface area contributed by atoms with Crippen LogP contribution in [0.4, 0.5) is 0 Å². The van der Waals surface area contributed by atoms with E-state index in [1.807, 2.05) is 0 Å². The van der Waals surface area contributed by atoms with Crippen LogP contribution >= 0.6 is 11.5 Å². The highest BCUT2D eigenvalue weighted by atomic mass is 32.1. The van der Waals surface area contributed by atoms with Crippen LogP contribution < -0.4 is 5.32 Å². The highest BCUT2D eigenvalue weighted by molar-refractivity contribution is 7.05. The highest BCUT2D eigenvalue weighted by Crippen LogP contribution is 2.33. The Labute approximate surface area is 120 Å². The molecule has 0 saturated carbocycles. The molecule has 1 aromatic rings. The van der Waals surface area contributed by atoms with Gasteiger partial charge in [0.25, 0.3) is 0 Å². The lowest BCUT2D eigenvalue weighted by Crippen LogP contribution is -2.32. The largest absolute Gasteiger partial charge is 0.381 e. The van der Waals surface area contributed by atoms with Crippen molar-refractivity contribution < 1.29 is 4.74 Å². The van der Waals surface area contributed by atoms with Crippen molar-refractivity contribution in [1.29, 1.82) is 0 Å². The molecule has 1 aromatic heterocycles. The Kier molecular flexibility index (Phi) is 6.20. The van der Waals surface area contributed by atoms with Gasteiger partial charge in [-0.25, -0.2) is 0 Å². The molecule has 1 N–H and O–H groups in total. The van der Waals surface area contributed by atoms with Crippen molar-refractivity contribution in [3.8, 4) is 0 Å². The van der Waals surface area contributed by atoms with Crippen molar-refractivity contribution in [2.45, 2.75) is 52.0 Å². The summed E-state index contributed by atoms with van der Waals surface area (Å²) in [6.07, 6.45) is 5.62. The lowest BCUT2D eigenvalue weighted by Gasteiger charge is -2.30. The molecule has 5 heteroatoms. The predicted octanol–water partition coefficient (Wildman–Crippen LogP) is 2.96. The molecule has 1 saturated heterocycles. The van der Waals surface area contributed by atoms with Gasteiger partial charge < -0.3 is 10.1 Å². The standard InChI is InChI=1S/C14H25N3OS/c1-3-5-12-14(19-17-16-12)13(15-8-4-2)11-6-9-18-10-7-11/h11,13,15H,3-10H2,1-2H3. The minimum Gasteiger partial charge on any atom is -0.381 e. The van der Waals surface area contributed by atoms with Gasteiger partial charge in [-0.15, -0.1) is 5.10 Å². The number of aryl methyl sites for hydroxylation is 1. The van der Waals surface area contributed by atoms with Gasteiger partial charge in [0.1, 0.15) is 0 Å². The van der Waals surface area contributed by atoms with Gasteiger partial charge in [0.2, 0.25) is 0 Å². The quantitative estimate of drug-likeness (QED) is 0.836. The number of hydrogen-bond donors (Lipinski definition) is 1. The molecule has 1 aliphatic rings. The number of aromatic nitrogens is 2. The SMILES string of the molecule is CCCNC(c1snnc1CCC)C1CCOCC1. The van der Waals surface area contributed by atoms with Gasteiger partial charge in [-0.2, -0.15) is 0 Å². The third-order valence-corrected chi connectivity index (χ3v) is 4.56. The average Bonchev–Trinajstić information content (AvgIpc) is 2.89. The summed E-state index contributed by atoms with van der Waals surface area (Å²) in [7, 11) is 0. The van der Waals surface area contributed by atoms with Crippen molar-refractivity contribution in [2.75, 3.05) is 19.8 Å². The van der Waals surface area contributed by atoms with Crippen LogP contribution in [0.5, 0.6) is 0 Å². The molecule has 0 spiro atoms. The first-order valence-electron chi connectivity index (χ1n) is 7.49. The van der Waals surface area contributed by atoms with E-state index in [4.69, 9.17) is 4.74 Å². The predicted molar refractivity (Wildman–Crippen MR) is 78.5 cm³/mol. The van der Waals surface area contributed by atoms with Crippen LogP contribution in [0.1, 0.15) is 56.1 Å². The van der Waals surface area contributed by atoms with Crippen LogP contribution in [-0.2, 0) is 11.2 Å².